The number of thiophene rings is 1. The second kappa shape index (κ2) is 10.9. The van der Waals surface area contributed by atoms with E-state index in [4.69, 9.17) is 4.74 Å². The zero-order valence-corrected chi connectivity index (χ0v) is 17.8. The fraction of sp³-hybridized carbons (Fsp3) is 0.476. The third-order valence-corrected chi connectivity index (χ3v) is 5.43. The van der Waals surface area contributed by atoms with Gasteiger partial charge in [-0.1, -0.05) is 25.1 Å². The second-order valence-electron chi connectivity index (χ2n) is 6.98. The molecule has 0 aliphatic carbocycles. The highest BCUT2D eigenvalue weighted by molar-refractivity contribution is 7.09. The van der Waals surface area contributed by atoms with E-state index in [0.717, 1.165) is 31.2 Å². The summed E-state index contributed by atoms with van der Waals surface area (Å²) in [4.78, 5) is 8.00. The van der Waals surface area contributed by atoms with Gasteiger partial charge in [-0.25, -0.2) is 0 Å². The van der Waals surface area contributed by atoms with Crippen LogP contribution in [-0.4, -0.2) is 52.2 Å². The van der Waals surface area contributed by atoms with Gasteiger partial charge in [0.05, 0.1) is 13.2 Å². The molecule has 0 spiro atoms. The van der Waals surface area contributed by atoms with Crippen molar-refractivity contribution in [2.45, 2.75) is 19.4 Å². The number of guanidine groups is 1. The number of nitrogens with one attached hydrogen (secondary N) is 2. The molecule has 0 aliphatic rings. The van der Waals surface area contributed by atoms with Crippen LogP contribution in [0.2, 0.25) is 0 Å². The van der Waals surface area contributed by atoms with Crippen molar-refractivity contribution >= 4 is 17.3 Å². The van der Waals surface area contributed by atoms with Gasteiger partial charge in [0.1, 0.15) is 5.75 Å². The Morgan fingerprint density at radius 2 is 1.96 bits per heavy atom. The van der Waals surface area contributed by atoms with Gasteiger partial charge in [0, 0.05) is 25.0 Å². The van der Waals surface area contributed by atoms with Crippen molar-refractivity contribution in [1.29, 1.82) is 0 Å². The fourth-order valence-electron chi connectivity index (χ4n) is 2.98. The smallest absolute Gasteiger partial charge is 0.191 e. The Balaban J connectivity index is 1.88. The zero-order chi connectivity index (χ0) is 19.6. The number of nitrogens with zero attached hydrogens (tertiary/aromatic N) is 2. The molecule has 5 nitrogen and oxygen atoms in total. The first-order valence-corrected chi connectivity index (χ1v) is 10.2. The summed E-state index contributed by atoms with van der Waals surface area (Å²) in [7, 11) is 7.69. The SMILES string of the molecule is CN=C(NCC(C)Cc1cccs1)NCC(c1cccc(OC)c1)N(C)C. The molecule has 2 N–H and O–H groups in total. The van der Waals surface area contributed by atoms with Gasteiger partial charge in [-0.15, -0.1) is 11.3 Å². The van der Waals surface area contributed by atoms with E-state index in [1.807, 2.05) is 30.5 Å². The van der Waals surface area contributed by atoms with Crippen molar-refractivity contribution in [1.82, 2.24) is 15.5 Å². The van der Waals surface area contributed by atoms with E-state index in [9.17, 15) is 0 Å². The number of hydrogen-bond donors (Lipinski definition) is 2. The van der Waals surface area contributed by atoms with Gasteiger partial charge >= 0.3 is 0 Å². The van der Waals surface area contributed by atoms with Crippen molar-refractivity contribution in [3.8, 4) is 5.75 Å². The Kier molecular flexibility index (Phi) is 8.61. The first-order valence-electron chi connectivity index (χ1n) is 9.30. The molecule has 2 aromatic rings. The average Bonchev–Trinajstić information content (AvgIpc) is 3.17. The van der Waals surface area contributed by atoms with Gasteiger partial charge in [-0.3, -0.25) is 4.99 Å². The first-order chi connectivity index (χ1) is 13.0. The summed E-state index contributed by atoms with van der Waals surface area (Å²) >= 11 is 1.82. The average molecular weight is 389 g/mol. The van der Waals surface area contributed by atoms with Crippen molar-refractivity contribution in [2.24, 2.45) is 10.9 Å². The van der Waals surface area contributed by atoms with Crippen molar-refractivity contribution in [3.63, 3.8) is 0 Å². The number of rotatable bonds is 9. The van der Waals surface area contributed by atoms with Crippen LogP contribution in [0, 0.1) is 5.92 Å². The largest absolute Gasteiger partial charge is 0.497 e. The summed E-state index contributed by atoms with van der Waals surface area (Å²) in [5.41, 5.74) is 1.22. The number of benzene rings is 1. The molecular formula is C21H32N4OS. The molecule has 0 radical (unpaired) electrons. The molecule has 0 amide bonds. The van der Waals surface area contributed by atoms with E-state index < -0.39 is 0 Å². The predicted octanol–water partition coefficient (Wildman–Crippen LogP) is 3.40. The molecule has 1 aromatic heterocycles. The van der Waals surface area contributed by atoms with Gasteiger partial charge in [0.25, 0.3) is 0 Å². The molecule has 2 unspecified atom stereocenters. The molecule has 2 atom stereocenters. The van der Waals surface area contributed by atoms with Crippen LogP contribution in [0.5, 0.6) is 5.75 Å². The zero-order valence-electron chi connectivity index (χ0n) is 17.0. The fourth-order valence-corrected chi connectivity index (χ4v) is 3.85. The van der Waals surface area contributed by atoms with E-state index in [2.05, 4.69) is 71.2 Å². The first kappa shape index (κ1) is 21.3. The van der Waals surface area contributed by atoms with Gasteiger partial charge in [-0.05, 0) is 55.6 Å². The highest BCUT2D eigenvalue weighted by Crippen LogP contribution is 2.22. The van der Waals surface area contributed by atoms with E-state index in [1.165, 1.54) is 10.4 Å². The van der Waals surface area contributed by atoms with Crippen molar-refractivity contribution in [3.05, 3.63) is 52.2 Å². The molecule has 2 rings (SSSR count). The summed E-state index contributed by atoms with van der Waals surface area (Å²) in [5, 5.41) is 9.05. The molecule has 1 aromatic carbocycles. The third-order valence-electron chi connectivity index (χ3n) is 4.54. The normalized spacial score (nSPS) is 14.1. The summed E-state index contributed by atoms with van der Waals surface area (Å²) < 4.78 is 5.37. The number of methoxy groups -OCH3 is 1. The molecule has 148 valence electrons. The third kappa shape index (κ3) is 6.88. The molecule has 6 heteroatoms. The lowest BCUT2D eigenvalue weighted by molar-refractivity contribution is 0.297. The Morgan fingerprint density at radius 1 is 1.19 bits per heavy atom. The highest BCUT2D eigenvalue weighted by atomic mass is 32.1. The second-order valence-corrected chi connectivity index (χ2v) is 8.01. The van der Waals surface area contributed by atoms with Crippen molar-refractivity contribution < 1.29 is 4.74 Å². The van der Waals surface area contributed by atoms with Gasteiger partial charge in [0.2, 0.25) is 0 Å². The summed E-state index contributed by atoms with van der Waals surface area (Å²) in [6.07, 6.45) is 1.09. The van der Waals surface area contributed by atoms with Gasteiger partial charge < -0.3 is 20.3 Å². The quantitative estimate of drug-likeness (QED) is 0.511. The molecule has 0 saturated heterocycles. The minimum absolute atomic E-state index is 0.224. The van der Waals surface area contributed by atoms with E-state index in [-0.39, 0.29) is 6.04 Å². The number of likely N-dealkylation sites (N-methyl/N-ethyl adjacent to an activating group) is 1. The van der Waals surface area contributed by atoms with E-state index >= 15 is 0 Å². The standard InChI is InChI=1S/C21H32N4OS/c1-16(12-19-10-7-11-27-19)14-23-21(22-2)24-15-20(25(3)4)17-8-6-9-18(13-17)26-5/h6-11,13,16,20H,12,14-15H2,1-5H3,(H2,22,23,24). The predicted molar refractivity (Wildman–Crippen MR) is 116 cm³/mol. The Hall–Kier alpha value is -2.05. The van der Waals surface area contributed by atoms with Crippen LogP contribution < -0.4 is 15.4 Å². The summed E-state index contributed by atoms with van der Waals surface area (Å²) in [6.45, 7) is 3.92. The highest BCUT2D eigenvalue weighted by Gasteiger charge is 2.15. The molecular weight excluding hydrogens is 356 g/mol. The minimum atomic E-state index is 0.224. The van der Waals surface area contributed by atoms with Crippen LogP contribution in [-0.2, 0) is 6.42 Å². The minimum Gasteiger partial charge on any atom is -0.497 e. The molecule has 0 saturated carbocycles. The lowest BCUT2D eigenvalue weighted by Gasteiger charge is -2.26. The number of aliphatic imine (C=N–C) groups is 1. The molecule has 0 bridgehead atoms. The van der Waals surface area contributed by atoms with Crippen LogP contribution in [0.1, 0.15) is 23.4 Å². The van der Waals surface area contributed by atoms with Crippen LogP contribution in [0.4, 0.5) is 0 Å². The maximum absolute atomic E-state index is 5.37. The van der Waals surface area contributed by atoms with E-state index in [0.29, 0.717) is 5.92 Å². The lowest BCUT2D eigenvalue weighted by atomic mass is 10.1. The van der Waals surface area contributed by atoms with Gasteiger partial charge in [-0.2, -0.15) is 0 Å². The molecule has 1 heterocycles. The van der Waals surface area contributed by atoms with Crippen LogP contribution in [0.3, 0.4) is 0 Å². The van der Waals surface area contributed by atoms with Crippen LogP contribution in [0.25, 0.3) is 0 Å². The Bertz CT molecular complexity index is 700. The number of ether oxygens (including phenoxy) is 1. The summed E-state index contributed by atoms with van der Waals surface area (Å²) in [5.74, 6) is 2.26. The van der Waals surface area contributed by atoms with Gasteiger partial charge in [0.15, 0.2) is 5.96 Å². The van der Waals surface area contributed by atoms with E-state index in [1.54, 1.807) is 7.11 Å². The van der Waals surface area contributed by atoms with Crippen LogP contribution >= 0.6 is 11.3 Å². The maximum Gasteiger partial charge on any atom is 0.191 e. The van der Waals surface area contributed by atoms with Crippen molar-refractivity contribution in [2.75, 3.05) is 41.3 Å². The topological polar surface area (TPSA) is 48.9 Å². The molecule has 27 heavy (non-hydrogen) atoms. The molecule has 0 aliphatic heterocycles. The lowest BCUT2D eigenvalue weighted by Crippen LogP contribution is -2.43. The van der Waals surface area contributed by atoms with Crippen LogP contribution in [0.15, 0.2) is 46.8 Å². The maximum atomic E-state index is 5.37. The molecule has 0 fully saturated rings. The summed E-state index contributed by atoms with van der Waals surface area (Å²) in [6, 6.07) is 12.8. The Labute approximate surface area is 167 Å². The Morgan fingerprint density at radius 3 is 2.59 bits per heavy atom. The monoisotopic (exact) mass is 388 g/mol. The number of hydrogen-bond acceptors (Lipinski definition) is 4.